The van der Waals surface area contributed by atoms with Crippen molar-refractivity contribution < 1.29 is 23.9 Å². The molecule has 3 heterocycles. The molecule has 0 unspecified atom stereocenters. The SMILES string of the molecule is CCOC(=O)c1cccc(N2C(=O)[C@@H]3[C@@H]4C=C[C@@](C)(O4)[C@@H]3C2=O)c1. The minimum Gasteiger partial charge on any atom is -0.462 e. The van der Waals surface area contributed by atoms with Gasteiger partial charge in [-0.3, -0.25) is 9.59 Å². The largest absolute Gasteiger partial charge is 0.462 e. The first kappa shape index (κ1) is 15.1. The summed E-state index contributed by atoms with van der Waals surface area (Å²) < 4.78 is 10.8. The molecular weight excluding hydrogens is 310 g/mol. The Kier molecular flexibility index (Phi) is 3.15. The number of carbonyl (C=O) groups excluding carboxylic acids is 3. The van der Waals surface area contributed by atoms with Crippen LogP contribution in [0, 0.1) is 11.8 Å². The lowest BCUT2D eigenvalue weighted by Gasteiger charge is -2.24. The van der Waals surface area contributed by atoms with Crippen LogP contribution in [0.15, 0.2) is 36.4 Å². The van der Waals surface area contributed by atoms with Crippen molar-refractivity contribution in [2.45, 2.75) is 25.6 Å². The van der Waals surface area contributed by atoms with Crippen molar-refractivity contribution in [3.8, 4) is 0 Å². The number of imide groups is 1. The Labute approximate surface area is 139 Å². The molecular formula is C18H17NO5. The zero-order valence-electron chi connectivity index (χ0n) is 13.4. The quantitative estimate of drug-likeness (QED) is 0.480. The summed E-state index contributed by atoms with van der Waals surface area (Å²) in [4.78, 5) is 38.8. The first-order valence-electron chi connectivity index (χ1n) is 7.98. The molecule has 0 aliphatic carbocycles. The molecule has 124 valence electrons. The van der Waals surface area contributed by atoms with Crippen molar-refractivity contribution >= 4 is 23.5 Å². The maximum atomic E-state index is 12.9. The highest BCUT2D eigenvalue weighted by atomic mass is 16.5. The van der Waals surface area contributed by atoms with Gasteiger partial charge in [-0.25, -0.2) is 9.69 Å². The van der Waals surface area contributed by atoms with Gasteiger partial charge in [0.25, 0.3) is 0 Å². The van der Waals surface area contributed by atoms with E-state index in [0.717, 1.165) is 0 Å². The van der Waals surface area contributed by atoms with Crippen LogP contribution in [-0.4, -0.2) is 36.1 Å². The van der Waals surface area contributed by atoms with Crippen molar-refractivity contribution in [1.82, 2.24) is 0 Å². The van der Waals surface area contributed by atoms with E-state index < -0.39 is 23.4 Å². The number of anilines is 1. The van der Waals surface area contributed by atoms with Crippen LogP contribution < -0.4 is 4.90 Å². The van der Waals surface area contributed by atoms with Gasteiger partial charge in [-0.05, 0) is 32.0 Å². The van der Waals surface area contributed by atoms with E-state index in [9.17, 15) is 14.4 Å². The van der Waals surface area contributed by atoms with Gasteiger partial charge in [-0.15, -0.1) is 0 Å². The number of amides is 2. The molecule has 6 nitrogen and oxygen atoms in total. The van der Waals surface area contributed by atoms with Crippen molar-refractivity contribution in [1.29, 1.82) is 0 Å². The van der Waals surface area contributed by atoms with Crippen LogP contribution in [0.25, 0.3) is 0 Å². The Morgan fingerprint density at radius 3 is 2.83 bits per heavy atom. The Bertz CT molecular complexity index is 785. The molecule has 4 atom stereocenters. The van der Waals surface area contributed by atoms with E-state index in [1.807, 2.05) is 19.1 Å². The Hall–Kier alpha value is -2.47. The van der Waals surface area contributed by atoms with Crippen LogP contribution >= 0.6 is 0 Å². The number of rotatable bonds is 3. The highest BCUT2D eigenvalue weighted by molar-refractivity contribution is 6.23. The number of benzene rings is 1. The van der Waals surface area contributed by atoms with E-state index in [1.165, 1.54) is 11.0 Å². The molecule has 0 N–H and O–H groups in total. The highest BCUT2D eigenvalue weighted by Gasteiger charge is 2.66. The number of ether oxygens (including phenoxy) is 2. The maximum absolute atomic E-state index is 12.9. The van der Waals surface area contributed by atoms with Crippen LogP contribution in [0.2, 0.25) is 0 Å². The molecule has 3 aliphatic heterocycles. The summed E-state index contributed by atoms with van der Waals surface area (Å²) in [6, 6.07) is 6.41. The smallest absolute Gasteiger partial charge is 0.338 e. The third-order valence-electron chi connectivity index (χ3n) is 4.94. The molecule has 0 spiro atoms. The molecule has 2 fully saturated rings. The second-order valence-electron chi connectivity index (χ2n) is 6.41. The predicted molar refractivity (Wildman–Crippen MR) is 84.3 cm³/mol. The van der Waals surface area contributed by atoms with Gasteiger partial charge in [0, 0.05) is 0 Å². The third-order valence-corrected chi connectivity index (χ3v) is 4.94. The number of carbonyl (C=O) groups is 3. The minimum atomic E-state index is -0.727. The summed E-state index contributed by atoms with van der Waals surface area (Å²) in [6.07, 6.45) is 3.36. The van der Waals surface area contributed by atoms with Gasteiger partial charge in [0.2, 0.25) is 11.8 Å². The van der Waals surface area contributed by atoms with E-state index in [2.05, 4.69) is 0 Å². The average Bonchev–Trinajstić information content (AvgIpc) is 3.17. The molecule has 2 saturated heterocycles. The summed E-state index contributed by atoms with van der Waals surface area (Å²) in [6.45, 7) is 3.82. The zero-order valence-corrected chi connectivity index (χ0v) is 13.4. The standard InChI is InChI=1S/C18H17NO5/c1-3-23-17(22)10-5-4-6-11(9-10)19-15(20)13-12-7-8-18(2,24-12)14(13)16(19)21/h4-9,12-14H,3H2,1-2H3/t12-,13+,14-,18+/m0/s1. The maximum Gasteiger partial charge on any atom is 0.338 e. The lowest BCUT2D eigenvalue weighted by Crippen LogP contribution is -2.38. The Morgan fingerprint density at radius 2 is 2.12 bits per heavy atom. The fourth-order valence-corrected chi connectivity index (χ4v) is 3.89. The van der Waals surface area contributed by atoms with Gasteiger partial charge in [0.1, 0.15) is 0 Å². The Balaban J connectivity index is 1.69. The summed E-state index contributed by atoms with van der Waals surface area (Å²) in [5, 5.41) is 0. The van der Waals surface area contributed by atoms with Crippen molar-refractivity contribution in [2.24, 2.45) is 11.8 Å². The number of esters is 1. The van der Waals surface area contributed by atoms with Gasteiger partial charge in [-0.2, -0.15) is 0 Å². The molecule has 0 radical (unpaired) electrons. The molecule has 0 aromatic heterocycles. The first-order chi connectivity index (χ1) is 11.5. The fraction of sp³-hybridized carbons (Fsp3) is 0.389. The van der Waals surface area contributed by atoms with Crippen molar-refractivity contribution in [3.63, 3.8) is 0 Å². The van der Waals surface area contributed by atoms with Gasteiger partial charge in [0.05, 0.1) is 41.4 Å². The summed E-state index contributed by atoms with van der Waals surface area (Å²) in [7, 11) is 0. The second kappa shape index (κ2) is 5.01. The van der Waals surface area contributed by atoms with Gasteiger partial charge >= 0.3 is 5.97 Å². The van der Waals surface area contributed by atoms with Crippen LogP contribution in [0.3, 0.4) is 0 Å². The lowest BCUT2D eigenvalue weighted by molar-refractivity contribution is -0.126. The van der Waals surface area contributed by atoms with Gasteiger partial charge < -0.3 is 9.47 Å². The predicted octanol–water partition coefficient (Wildman–Crippen LogP) is 1.70. The minimum absolute atomic E-state index is 0.262. The molecule has 2 bridgehead atoms. The molecule has 0 saturated carbocycles. The van der Waals surface area contributed by atoms with E-state index in [0.29, 0.717) is 11.3 Å². The number of hydrogen-bond acceptors (Lipinski definition) is 5. The monoisotopic (exact) mass is 327 g/mol. The molecule has 2 amide bonds. The summed E-state index contributed by atoms with van der Waals surface area (Å²) >= 11 is 0. The second-order valence-corrected chi connectivity index (χ2v) is 6.41. The van der Waals surface area contributed by atoms with Crippen LogP contribution in [-0.2, 0) is 19.1 Å². The van der Waals surface area contributed by atoms with Gasteiger partial charge in [-0.1, -0.05) is 18.2 Å². The van der Waals surface area contributed by atoms with Crippen LogP contribution in [0.4, 0.5) is 5.69 Å². The molecule has 4 rings (SSSR count). The van der Waals surface area contributed by atoms with Crippen molar-refractivity contribution in [3.05, 3.63) is 42.0 Å². The number of nitrogens with zero attached hydrogens (tertiary/aromatic N) is 1. The van der Waals surface area contributed by atoms with E-state index in [1.54, 1.807) is 25.1 Å². The highest BCUT2D eigenvalue weighted by Crippen LogP contribution is 2.52. The van der Waals surface area contributed by atoms with Crippen molar-refractivity contribution in [2.75, 3.05) is 11.5 Å². The zero-order chi connectivity index (χ0) is 17.1. The van der Waals surface area contributed by atoms with E-state index in [-0.39, 0.29) is 24.5 Å². The first-order valence-corrected chi connectivity index (χ1v) is 7.98. The van der Waals surface area contributed by atoms with Crippen LogP contribution in [0.5, 0.6) is 0 Å². The molecule has 24 heavy (non-hydrogen) atoms. The number of hydrogen-bond donors (Lipinski definition) is 0. The van der Waals surface area contributed by atoms with Crippen LogP contribution in [0.1, 0.15) is 24.2 Å². The number of fused-ring (bicyclic) bond motifs is 5. The average molecular weight is 327 g/mol. The third kappa shape index (κ3) is 1.89. The Morgan fingerprint density at radius 1 is 1.33 bits per heavy atom. The summed E-state index contributed by atoms with van der Waals surface area (Å²) in [5.41, 5.74) is -0.0150. The molecule has 6 heteroatoms. The topological polar surface area (TPSA) is 72.9 Å². The normalized spacial score (nSPS) is 33.2. The molecule has 1 aromatic rings. The van der Waals surface area contributed by atoms with E-state index in [4.69, 9.17) is 9.47 Å². The molecule has 1 aromatic carbocycles. The fourth-order valence-electron chi connectivity index (χ4n) is 3.89. The van der Waals surface area contributed by atoms with E-state index >= 15 is 0 Å². The molecule has 3 aliphatic rings. The lowest BCUT2D eigenvalue weighted by atomic mass is 9.78. The van der Waals surface area contributed by atoms with Gasteiger partial charge in [0.15, 0.2) is 0 Å². The summed E-state index contributed by atoms with van der Waals surface area (Å²) in [5.74, 6) is -2.02.